The molecule has 112 valence electrons. The molecule has 1 aromatic heterocycles. The summed E-state index contributed by atoms with van der Waals surface area (Å²) in [6, 6.07) is 3.05. The molecule has 0 bridgehead atoms. The fraction of sp³-hybridized carbons (Fsp3) is 0.308. The first-order chi connectivity index (χ1) is 10.0. The van der Waals surface area contributed by atoms with Crippen LogP contribution in [0.25, 0.3) is 0 Å². The van der Waals surface area contributed by atoms with Crippen LogP contribution < -0.4 is 20.5 Å². The first kappa shape index (κ1) is 14.6. The van der Waals surface area contributed by atoms with Crippen molar-refractivity contribution >= 4 is 11.6 Å². The lowest BCUT2D eigenvalue weighted by Gasteiger charge is -2.12. The molecule has 2 rings (SSSR count). The second-order valence-corrected chi connectivity index (χ2v) is 4.21. The van der Waals surface area contributed by atoms with Crippen LogP contribution in [0.4, 0.5) is 5.69 Å². The molecule has 0 fully saturated rings. The number of rotatable bonds is 5. The Hall–Kier alpha value is -2.77. The van der Waals surface area contributed by atoms with E-state index in [2.05, 4.69) is 15.5 Å². The SMILES string of the molecule is COc1cc(N)c(C(=O)NCc2noc(C)n2)cc1OC. The molecule has 0 radical (unpaired) electrons. The zero-order chi connectivity index (χ0) is 15.4. The highest BCUT2D eigenvalue weighted by molar-refractivity contribution is 6.00. The molecule has 0 unspecified atom stereocenters. The van der Waals surface area contributed by atoms with E-state index in [0.717, 1.165) is 0 Å². The Bertz CT molecular complexity index is 654. The van der Waals surface area contributed by atoms with Crippen LogP contribution >= 0.6 is 0 Å². The van der Waals surface area contributed by atoms with E-state index in [1.165, 1.54) is 26.4 Å². The molecule has 1 heterocycles. The molecule has 8 nitrogen and oxygen atoms in total. The largest absolute Gasteiger partial charge is 0.493 e. The number of anilines is 1. The molecule has 0 aliphatic carbocycles. The van der Waals surface area contributed by atoms with Gasteiger partial charge in [0.2, 0.25) is 5.89 Å². The van der Waals surface area contributed by atoms with E-state index in [4.69, 9.17) is 19.7 Å². The number of amides is 1. The Labute approximate surface area is 121 Å². The predicted octanol–water partition coefficient (Wildman–Crippen LogP) is 0.907. The number of benzene rings is 1. The van der Waals surface area contributed by atoms with Gasteiger partial charge in [-0.05, 0) is 6.07 Å². The van der Waals surface area contributed by atoms with Crippen LogP contribution in [0.2, 0.25) is 0 Å². The van der Waals surface area contributed by atoms with Gasteiger partial charge in [-0.2, -0.15) is 4.98 Å². The van der Waals surface area contributed by atoms with Crippen LogP contribution in [0.3, 0.4) is 0 Å². The number of nitrogens with one attached hydrogen (secondary N) is 1. The number of aromatic nitrogens is 2. The zero-order valence-electron chi connectivity index (χ0n) is 12.0. The molecule has 0 saturated heterocycles. The third-order valence-corrected chi connectivity index (χ3v) is 2.78. The van der Waals surface area contributed by atoms with E-state index in [0.29, 0.717) is 23.2 Å². The summed E-state index contributed by atoms with van der Waals surface area (Å²) >= 11 is 0. The quantitative estimate of drug-likeness (QED) is 0.787. The van der Waals surface area contributed by atoms with Crippen LogP contribution in [0.1, 0.15) is 22.1 Å². The number of nitrogen functional groups attached to an aromatic ring is 1. The maximum Gasteiger partial charge on any atom is 0.253 e. The first-order valence-corrected chi connectivity index (χ1v) is 6.14. The molecule has 3 N–H and O–H groups in total. The van der Waals surface area contributed by atoms with Gasteiger partial charge < -0.3 is 25.0 Å². The van der Waals surface area contributed by atoms with E-state index < -0.39 is 0 Å². The third kappa shape index (κ3) is 3.22. The monoisotopic (exact) mass is 292 g/mol. The molecule has 0 atom stereocenters. The Morgan fingerprint density at radius 2 is 2.00 bits per heavy atom. The average Bonchev–Trinajstić information content (AvgIpc) is 2.90. The molecule has 0 spiro atoms. The van der Waals surface area contributed by atoms with Crippen LogP contribution in [-0.2, 0) is 6.54 Å². The minimum Gasteiger partial charge on any atom is -0.493 e. The highest BCUT2D eigenvalue weighted by Crippen LogP contribution is 2.31. The van der Waals surface area contributed by atoms with Gasteiger partial charge in [0.15, 0.2) is 17.3 Å². The molecule has 0 saturated carbocycles. The lowest BCUT2D eigenvalue weighted by Crippen LogP contribution is -2.24. The number of hydrogen-bond acceptors (Lipinski definition) is 7. The van der Waals surface area contributed by atoms with Crippen molar-refractivity contribution in [3.05, 3.63) is 29.4 Å². The average molecular weight is 292 g/mol. The van der Waals surface area contributed by atoms with E-state index in [-0.39, 0.29) is 23.7 Å². The van der Waals surface area contributed by atoms with Gasteiger partial charge in [0.1, 0.15) is 0 Å². The number of hydrogen-bond donors (Lipinski definition) is 2. The number of aryl methyl sites for hydroxylation is 1. The third-order valence-electron chi connectivity index (χ3n) is 2.78. The van der Waals surface area contributed by atoms with E-state index in [1.807, 2.05) is 0 Å². The molecule has 1 amide bonds. The fourth-order valence-corrected chi connectivity index (χ4v) is 1.76. The van der Waals surface area contributed by atoms with Crippen molar-refractivity contribution in [1.82, 2.24) is 15.5 Å². The minimum atomic E-state index is -0.365. The van der Waals surface area contributed by atoms with Crippen LogP contribution in [0.5, 0.6) is 11.5 Å². The Kier molecular flexibility index (Phi) is 4.27. The predicted molar refractivity (Wildman–Crippen MR) is 74.2 cm³/mol. The number of methoxy groups -OCH3 is 2. The number of nitrogens with zero attached hydrogens (tertiary/aromatic N) is 2. The molecular weight excluding hydrogens is 276 g/mol. The smallest absolute Gasteiger partial charge is 0.253 e. The first-order valence-electron chi connectivity index (χ1n) is 6.14. The van der Waals surface area contributed by atoms with Gasteiger partial charge in [-0.3, -0.25) is 4.79 Å². The summed E-state index contributed by atoms with van der Waals surface area (Å²) in [7, 11) is 2.98. The van der Waals surface area contributed by atoms with Crippen molar-refractivity contribution in [3.8, 4) is 11.5 Å². The van der Waals surface area contributed by atoms with Crippen LogP contribution in [0.15, 0.2) is 16.7 Å². The minimum absolute atomic E-state index is 0.143. The standard InChI is InChI=1S/C13H16N4O4/c1-7-16-12(17-21-7)6-15-13(18)8-4-10(19-2)11(20-3)5-9(8)14/h4-5H,6,14H2,1-3H3,(H,15,18). The second kappa shape index (κ2) is 6.12. The molecule has 0 aliphatic rings. The van der Waals surface area contributed by atoms with Gasteiger partial charge >= 0.3 is 0 Å². The summed E-state index contributed by atoms with van der Waals surface area (Å²) in [6.45, 7) is 1.81. The molecule has 1 aromatic carbocycles. The van der Waals surface area contributed by atoms with Crippen LogP contribution in [-0.4, -0.2) is 30.3 Å². The second-order valence-electron chi connectivity index (χ2n) is 4.21. The number of ether oxygens (including phenoxy) is 2. The fourth-order valence-electron chi connectivity index (χ4n) is 1.76. The highest BCUT2D eigenvalue weighted by atomic mass is 16.5. The number of nitrogens with two attached hydrogens (primary N) is 1. The van der Waals surface area contributed by atoms with Crippen molar-refractivity contribution < 1.29 is 18.8 Å². The van der Waals surface area contributed by atoms with Crippen molar-refractivity contribution in [2.45, 2.75) is 13.5 Å². The van der Waals surface area contributed by atoms with E-state index in [1.54, 1.807) is 6.92 Å². The van der Waals surface area contributed by atoms with E-state index in [9.17, 15) is 4.79 Å². The van der Waals surface area contributed by atoms with Crippen molar-refractivity contribution in [2.24, 2.45) is 0 Å². The van der Waals surface area contributed by atoms with Crippen LogP contribution in [0, 0.1) is 6.92 Å². The summed E-state index contributed by atoms with van der Waals surface area (Å²) in [4.78, 5) is 16.1. The number of carbonyl (C=O) groups excluding carboxylic acids is 1. The molecule has 0 aliphatic heterocycles. The lowest BCUT2D eigenvalue weighted by molar-refractivity contribution is 0.0950. The molecular formula is C13H16N4O4. The summed E-state index contributed by atoms with van der Waals surface area (Å²) in [5, 5.41) is 6.35. The molecule has 8 heteroatoms. The summed E-state index contributed by atoms with van der Waals surface area (Å²) in [5.41, 5.74) is 6.42. The van der Waals surface area contributed by atoms with Gasteiger partial charge in [-0.15, -0.1) is 0 Å². The Morgan fingerprint density at radius 1 is 1.33 bits per heavy atom. The Morgan fingerprint density at radius 3 is 2.57 bits per heavy atom. The topological polar surface area (TPSA) is 112 Å². The maximum atomic E-state index is 12.1. The zero-order valence-corrected chi connectivity index (χ0v) is 12.0. The van der Waals surface area contributed by atoms with Crippen molar-refractivity contribution in [2.75, 3.05) is 20.0 Å². The molecule has 2 aromatic rings. The van der Waals surface area contributed by atoms with Gasteiger partial charge in [0, 0.05) is 18.7 Å². The molecule has 21 heavy (non-hydrogen) atoms. The van der Waals surface area contributed by atoms with Crippen molar-refractivity contribution in [3.63, 3.8) is 0 Å². The summed E-state index contributed by atoms with van der Waals surface area (Å²) in [6.07, 6.45) is 0. The van der Waals surface area contributed by atoms with Gasteiger partial charge in [-0.1, -0.05) is 5.16 Å². The normalized spacial score (nSPS) is 10.2. The van der Waals surface area contributed by atoms with E-state index >= 15 is 0 Å². The summed E-state index contributed by atoms with van der Waals surface area (Å²) in [5.74, 6) is 1.34. The van der Waals surface area contributed by atoms with Gasteiger partial charge in [0.05, 0.1) is 26.3 Å². The Balaban J connectivity index is 2.15. The van der Waals surface area contributed by atoms with Crippen molar-refractivity contribution in [1.29, 1.82) is 0 Å². The highest BCUT2D eigenvalue weighted by Gasteiger charge is 2.15. The summed E-state index contributed by atoms with van der Waals surface area (Å²) < 4.78 is 15.1. The maximum absolute atomic E-state index is 12.1. The van der Waals surface area contributed by atoms with Gasteiger partial charge in [0.25, 0.3) is 5.91 Å². The van der Waals surface area contributed by atoms with Gasteiger partial charge in [-0.25, -0.2) is 0 Å². The number of carbonyl (C=O) groups is 1. The lowest BCUT2D eigenvalue weighted by atomic mass is 10.1.